The predicted octanol–water partition coefficient (Wildman–Crippen LogP) is 3.03. The van der Waals surface area contributed by atoms with Crippen LogP contribution < -0.4 is 24.4 Å². The zero-order valence-electron chi connectivity index (χ0n) is 20.2. The summed E-state index contributed by atoms with van der Waals surface area (Å²) in [7, 11) is 3.07. The molecule has 0 N–H and O–H groups in total. The first-order valence-electron chi connectivity index (χ1n) is 11.1. The van der Waals surface area contributed by atoms with Gasteiger partial charge in [0, 0.05) is 18.7 Å². The molecule has 11 heteroatoms. The fourth-order valence-corrected chi connectivity index (χ4v) is 5.38. The van der Waals surface area contributed by atoms with Gasteiger partial charge in [-0.3, -0.25) is 9.36 Å². The number of fused-ring (bicyclic) bond motifs is 1. The third-order valence-corrected chi connectivity index (χ3v) is 7.00. The van der Waals surface area contributed by atoms with Gasteiger partial charge >= 0.3 is 5.97 Å². The second-order valence-electron chi connectivity index (χ2n) is 7.66. The Labute approximate surface area is 224 Å². The number of furan rings is 1. The number of halogens is 1. The first-order valence-corrected chi connectivity index (χ1v) is 13.0. The number of nitrogens with zero attached hydrogens (tertiary/aromatic N) is 2. The van der Waals surface area contributed by atoms with Crippen LogP contribution in [0.5, 0.6) is 11.5 Å². The van der Waals surface area contributed by atoms with Gasteiger partial charge in [0.05, 0.1) is 36.1 Å². The van der Waals surface area contributed by atoms with E-state index in [1.807, 2.05) is 19.1 Å². The van der Waals surface area contributed by atoms with E-state index in [1.54, 1.807) is 38.3 Å². The topological polar surface area (TPSA) is 101 Å². The summed E-state index contributed by atoms with van der Waals surface area (Å²) in [5.41, 5.74) is 0.972. The summed E-state index contributed by atoms with van der Waals surface area (Å²) in [4.78, 5) is 32.1. The highest BCUT2D eigenvalue weighted by Gasteiger charge is 2.36. The molecule has 3 heterocycles. The lowest BCUT2D eigenvalue weighted by atomic mass is 9.94. The van der Waals surface area contributed by atoms with Crippen molar-refractivity contribution in [3.8, 4) is 11.5 Å². The molecule has 0 amide bonds. The van der Waals surface area contributed by atoms with Gasteiger partial charge in [-0.15, -0.1) is 0 Å². The van der Waals surface area contributed by atoms with Gasteiger partial charge in [0.25, 0.3) is 5.56 Å². The van der Waals surface area contributed by atoms with E-state index >= 15 is 0 Å². The van der Waals surface area contributed by atoms with E-state index in [2.05, 4.69) is 27.6 Å². The van der Waals surface area contributed by atoms with Crippen molar-refractivity contribution in [2.24, 2.45) is 4.99 Å². The number of esters is 1. The molecule has 0 spiro atoms. The Balaban J connectivity index is 1.96. The number of hydrogen-bond donors (Lipinski definition) is 0. The molecule has 190 valence electrons. The molecular weight excluding hydrogens is 599 g/mol. The molecule has 1 aliphatic rings. The second kappa shape index (κ2) is 11.4. The number of benzene rings is 1. The van der Waals surface area contributed by atoms with Crippen molar-refractivity contribution >= 4 is 46.0 Å². The van der Waals surface area contributed by atoms with Crippen molar-refractivity contribution in [1.29, 1.82) is 0 Å². The molecule has 1 atom stereocenters. The van der Waals surface area contributed by atoms with Crippen molar-refractivity contribution in [1.82, 2.24) is 4.57 Å². The highest BCUT2D eigenvalue weighted by Crippen LogP contribution is 2.40. The van der Waals surface area contributed by atoms with E-state index in [9.17, 15) is 9.59 Å². The Kier molecular flexibility index (Phi) is 8.32. The van der Waals surface area contributed by atoms with E-state index in [1.165, 1.54) is 23.0 Å². The van der Waals surface area contributed by atoms with Crippen LogP contribution in [0.15, 0.2) is 55.8 Å². The molecular formula is C25H25IN2O7S. The molecule has 0 saturated carbocycles. The molecule has 0 bridgehead atoms. The number of carbonyl (C=O) groups is 1. The first-order chi connectivity index (χ1) is 17.4. The molecule has 9 nitrogen and oxygen atoms in total. The molecule has 4 rings (SSSR count). The van der Waals surface area contributed by atoms with Crippen LogP contribution in [-0.2, 0) is 14.3 Å². The fourth-order valence-electron chi connectivity index (χ4n) is 3.92. The molecule has 0 radical (unpaired) electrons. The molecule has 0 fully saturated rings. The normalized spacial score (nSPS) is 15.5. The highest BCUT2D eigenvalue weighted by molar-refractivity contribution is 14.1. The maximum absolute atomic E-state index is 13.7. The van der Waals surface area contributed by atoms with Gasteiger partial charge in [-0.1, -0.05) is 23.5 Å². The Morgan fingerprint density at radius 1 is 1.25 bits per heavy atom. The second-order valence-corrected chi connectivity index (χ2v) is 9.74. The number of methoxy groups -OCH3 is 2. The number of allylic oxidation sites excluding steroid dienone is 1. The van der Waals surface area contributed by atoms with Crippen LogP contribution in [-0.4, -0.2) is 44.6 Å². The SMILES string of the molecule is CCOc1c(OC)cccc1[C@@H]1C(C(=O)OCCOC)=C(C)N=c2s/c(=C/c3ccc(I)o3)c(=O)n21. The van der Waals surface area contributed by atoms with Crippen molar-refractivity contribution in [2.75, 3.05) is 34.0 Å². The van der Waals surface area contributed by atoms with Gasteiger partial charge in [-0.25, -0.2) is 9.79 Å². The number of thiazole rings is 1. The summed E-state index contributed by atoms with van der Waals surface area (Å²) in [6, 6.07) is 8.13. The largest absolute Gasteiger partial charge is 0.493 e. The van der Waals surface area contributed by atoms with E-state index in [0.717, 1.165) is 0 Å². The quantitative estimate of drug-likeness (QED) is 0.205. The Morgan fingerprint density at radius 2 is 2.06 bits per heavy atom. The van der Waals surface area contributed by atoms with Crippen molar-refractivity contribution in [3.05, 3.63) is 76.4 Å². The van der Waals surface area contributed by atoms with Crippen LogP contribution in [0.4, 0.5) is 0 Å². The summed E-state index contributed by atoms with van der Waals surface area (Å²) >= 11 is 3.29. The lowest BCUT2D eigenvalue weighted by molar-refractivity contribution is -0.140. The molecule has 2 aromatic heterocycles. The van der Waals surface area contributed by atoms with Crippen molar-refractivity contribution in [3.63, 3.8) is 0 Å². The number of hydrogen-bond acceptors (Lipinski definition) is 9. The number of aromatic nitrogens is 1. The van der Waals surface area contributed by atoms with Crippen LogP contribution in [0, 0.1) is 3.77 Å². The third-order valence-electron chi connectivity index (χ3n) is 5.44. The molecule has 1 aromatic carbocycles. The lowest BCUT2D eigenvalue weighted by Crippen LogP contribution is -2.40. The van der Waals surface area contributed by atoms with Gasteiger partial charge in [0.2, 0.25) is 0 Å². The summed E-state index contributed by atoms with van der Waals surface area (Å²) in [6.45, 7) is 4.26. The molecule has 0 saturated heterocycles. The van der Waals surface area contributed by atoms with Gasteiger partial charge in [-0.05, 0) is 54.6 Å². The van der Waals surface area contributed by atoms with Gasteiger partial charge in [0.1, 0.15) is 18.4 Å². The van der Waals surface area contributed by atoms with Crippen molar-refractivity contribution in [2.45, 2.75) is 19.9 Å². The average Bonchev–Trinajstić information content (AvgIpc) is 3.40. The van der Waals surface area contributed by atoms with Crippen LogP contribution in [0.3, 0.4) is 0 Å². The van der Waals surface area contributed by atoms with E-state index < -0.39 is 12.0 Å². The predicted molar refractivity (Wildman–Crippen MR) is 142 cm³/mol. The van der Waals surface area contributed by atoms with Crippen LogP contribution in [0.25, 0.3) is 6.08 Å². The highest BCUT2D eigenvalue weighted by atomic mass is 127. The van der Waals surface area contributed by atoms with Crippen LogP contribution in [0.2, 0.25) is 0 Å². The fraction of sp³-hybridized carbons (Fsp3) is 0.320. The maximum atomic E-state index is 13.7. The number of ether oxygens (including phenoxy) is 4. The molecule has 36 heavy (non-hydrogen) atoms. The Hall–Kier alpha value is -2.90. The summed E-state index contributed by atoms with van der Waals surface area (Å²) in [5.74, 6) is 0.897. The van der Waals surface area contributed by atoms with Crippen LogP contribution >= 0.6 is 33.9 Å². The minimum atomic E-state index is -0.841. The van der Waals surface area contributed by atoms with E-state index in [4.69, 9.17) is 23.4 Å². The minimum Gasteiger partial charge on any atom is -0.493 e. The van der Waals surface area contributed by atoms with Crippen LogP contribution in [0.1, 0.15) is 31.2 Å². The van der Waals surface area contributed by atoms with Gasteiger partial charge in [-0.2, -0.15) is 0 Å². The zero-order chi connectivity index (χ0) is 25.8. The summed E-state index contributed by atoms with van der Waals surface area (Å²) < 4.78 is 30.2. The lowest BCUT2D eigenvalue weighted by Gasteiger charge is -2.27. The number of carbonyl (C=O) groups excluding carboxylic acids is 1. The smallest absolute Gasteiger partial charge is 0.338 e. The minimum absolute atomic E-state index is 0.0663. The first kappa shape index (κ1) is 26.2. The van der Waals surface area contributed by atoms with Gasteiger partial charge < -0.3 is 23.4 Å². The third kappa shape index (κ3) is 5.13. The Morgan fingerprint density at radius 3 is 2.72 bits per heavy atom. The molecule has 0 aliphatic carbocycles. The number of rotatable bonds is 9. The van der Waals surface area contributed by atoms with Gasteiger partial charge in [0.15, 0.2) is 20.1 Å². The Bertz CT molecular complexity index is 1480. The average molecular weight is 624 g/mol. The summed E-state index contributed by atoms with van der Waals surface area (Å²) in [6.07, 6.45) is 1.67. The van der Waals surface area contributed by atoms with E-state index in [0.29, 0.717) is 48.2 Å². The molecule has 0 unspecified atom stereocenters. The monoisotopic (exact) mass is 624 g/mol. The summed E-state index contributed by atoms with van der Waals surface area (Å²) in [5, 5.41) is 0. The standard InChI is InChI=1S/C25H25IN2O7S/c1-5-33-22-16(7-6-8-17(22)32-4)21-20(24(30)34-12-11-31-3)14(2)27-25-28(21)23(29)18(36-25)13-15-9-10-19(26)35-15/h6-10,13,21H,5,11-12H2,1-4H3/b18-13+/t21-/m1/s1. The van der Waals surface area contributed by atoms with E-state index in [-0.39, 0.29) is 24.3 Å². The molecule has 1 aliphatic heterocycles. The number of para-hydroxylation sites is 1. The maximum Gasteiger partial charge on any atom is 0.338 e. The van der Waals surface area contributed by atoms with Crippen molar-refractivity contribution < 1.29 is 28.2 Å². The zero-order valence-corrected chi connectivity index (χ0v) is 23.2. The molecule has 3 aromatic rings.